The summed E-state index contributed by atoms with van der Waals surface area (Å²) in [6.45, 7) is 6.18. The van der Waals surface area contributed by atoms with Gasteiger partial charge in [-0.05, 0) is 45.2 Å². The van der Waals surface area contributed by atoms with Crippen molar-refractivity contribution in [3.8, 4) is 0 Å². The smallest absolute Gasteiger partial charge is 0.451 e. The number of carbonyl (C=O) groups is 1. The molecule has 0 spiro atoms. The van der Waals surface area contributed by atoms with Crippen molar-refractivity contribution >= 4 is 13.1 Å². The van der Waals surface area contributed by atoms with Gasteiger partial charge in [0.2, 0.25) is 0 Å². The largest absolute Gasteiger partial charge is 0.480 e. The van der Waals surface area contributed by atoms with Gasteiger partial charge in [0.1, 0.15) is 6.04 Å². The summed E-state index contributed by atoms with van der Waals surface area (Å²) in [5.41, 5.74) is 5.21. The number of aliphatic carboxylic acids is 1. The van der Waals surface area contributed by atoms with Gasteiger partial charge >= 0.3 is 13.1 Å². The van der Waals surface area contributed by atoms with Crippen LogP contribution in [0.1, 0.15) is 45.4 Å². The minimum Gasteiger partial charge on any atom is -0.480 e. The molecule has 0 bridgehead atoms. The topological polar surface area (TPSA) is 107 Å². The molecule has 1 aliphatic heterocycles. The van der Waals surface area contributed by atoms with E-state index in [9.17, 15) is 4.79 Å². The number of hydrogen-bond acceptors (Lipinski definition) is 5. The average molecular weight is 288 g/mol. The number of hydrogen-bond donors (Lipinski definition) is 4. The van der Waals surface area contributed by atoms with Crippen molar-refractivity contribution in [3.05, 3.63) is 0 Å². The van der Waals surface area contributed by atoms with Crippen LogP contribution in [0.4, 0.5) is 0 Å². The zero-order valence-corrected chi connectivity index (χ0v) is 12.5. The molecule has 1 heterocycles. The van der Waals surface area contributed by atoms with Crippen LogP contribution >= 0.6 is 0 Å². The molecule has 1 saturated heterocycles. The number of rotatable bonds is 7. The van der Waals surface area contributed by atoms with E-state index in [0.29, 0.717) is 19.3 Å². The number of carboxylic acids is 1. The van der Waals surface area contributed by atoms with Gasteiger partial charge in [-0.25, -0.2) is 0 Å². The highest BCUT2D eigenvalue weighted by Gasteiger charge is 2.11. The summed E-state index contributed by atoms with van der Waals surface area (Å²) in [7, 11) is -1.30. The molecule has 1 fully saturated rings. The zero-order valence-electron chi connectivity index (χ0n) is 12.5. The second-order valence-electron chi connectivity index (χ2n) is 5.20. The molecule has 0 aromatic heterocycles. The Bertz CT molecular complexity index is 249. The van der Waals surface area contributed by atoms with Crippen LogP contribution < -0.4 is 5.73 Å². The summed E-state index contributed by atoms with van der Waals surface area (Å²) >= 11 is 0. The first-order chi connectivity index (χ1) is 9.47. The Morgan fingerprint density at radius 1 is 1.25 bits per heavy atom. The SMILES string of the molecule is CCN1CCCCC1.N[C@H](CCCCB(O)O)C(=O)O. The normalized spacial score (nSPS) is 17.0. The maximum atomic E-state index is 10.2. The van der Waals surface area contributed by atoms with Crippen LogP contribution in [0.5, 0.6) is 0 Å². The molecule has 0 aromatic rings. The summed E-state index contributed by atoms with van der Waals surface area (Å²) in [4.78, 5) is 12.7. The van der Waals surface area contributed by atoms with Gasteiger partial charge < -0.3 is 25.8 Å². The molecule has 20 heavy (non-hydrogen) atoms. The number of piperidine rings is 1. The minimum atomic E-state index is -1.30. The molecule has 1 rings (SSSR count). The van der Waals surface area contributed by atoms with E-state index >= 15 is 0 Å². The molecular weight excluding hydrogens is 259 g/mol. The van der Waals surface area contributed by atoms with Gasteiger partial charge in [-0.1, -0.05) is 26.2 Å². The summed E-state index contributed by atoms with van der Waals surface area (Å²) in [5, 5.41) is 25.2. The fourth-order valence-corrected chi connectivity index (χ4v) is 2.09. The Balaban J connectivity index is 0.000000388. The number of nitrogens with zero attached hydrogens (tertiary/aromatic N) is 1. The quantitative estimate of drug-likeness (QED) is 0.402. The third-order valence-corrected chi connectivity index (χ3v) is 3.44. The maximum absolute atomic E-state index is 10.2. The first-order valence-corrected chi connectivity index (χ1v) is 7.54. The highest BCUT2D eigenvalue weighted by molar-refractivity contribution is 6.40. The Morgan fingerprint density at radius 3 is 2.25 bits per heavy atom. The lowest BCUT2D eigenvalue weighted by molar-refractivity contribution is -0.138. The highest BCUT2D eigenvalue weighted by atomic mass is 16.4. The van der Waals surface area contributed by atoms with Gasteiger partial charge in [0.05, 0.1) is 0 Å². The zero-order chi connectivity index (χ0) is 15.4. The highest BCUT2D eigenvalue weighted by Crippen LogP contribution is 2.06. The molecule has 0 amide bonds. The standard InChI is InChI=1S/C7H15N.C6H14BNO4/c1-2-8-6-4-3-5-7-8;8-5(6(9)10)3-1-2-4-7(11)12/h2-7H2,1H3;5,11-12H,1-4,8H2,(H,9,10)/t;5-/m.1/s1. The van der Waals surface area contributed by atoms with Gasteiger partial charge in [0.15, 0.2) is 0 Å². The molecule has 0 aliphatic carbocycles. The van der Waals surface area contributed by atoms with Gasteiger partial charge in [-0.2, -0.15) is 0 Å². The van der Waals surface area contributed by atoms with Gasteiger partial charge in [0.25, 0.3) is 0 Å². The molecule has 5 N–H and O–H groups in total. The summed E-state index contributed by atoms with van der Waals surface area (Å²) in [5.74, 6) is -1.01. The van der Waals surface area contributed by atoms with Crippen molar-refractivity contribution in [2.24, 2.45) is 5.73 Å². The lowest BCUT2D eigenvalue weighted by Gasteiger charge is -2.24. The Morgan fingerprint density at radius 2 is 1.85 bits per heavy atom. The first kappa shape index (κ1) is 19.4. The molecule has 0 radical (unpaired) electrons. The lowest BCUT2D eigenvalue weighted by Crippen LogP contribution is -2.29. The number of carboxylic acid groups (broad SMARTS) is 1. The second kappa shape index (κ2) is 12.1. The molecule has 118 valence electrons. The van der Waals surface area contributed by atoms with Crippen LogP contribution in [-0.4, -0.2) is 58.8 Å². The minimum absolute atomic E-state index is 0.270. The van der Waals surface area contributed by atoms with E-state index in [2.05, 4.69) is 11.8 Å². The van der Waals surface area contributed by atoms with Crippen LogP contribution in [0.25, 0.3) is 0 Å². The average Bonchev–Trinajstić information content (AvgIpc) is 2.44. The van der Waals surface area contributed by atoms with Gasteiger partial charge in [0, 0.05) is 0 Å². The molecule has 1 aliphatic rings. The number of unbranched alkanes of at least 4 members (excludes halogenated alkanes) is 1. The van der Waals surface area contributed by atoms with Gasteiger partial charge in [-0.15, -0.1) is 0 Å². The Hall–Kier alpha value is -0.625. The van der Waals surface area contributed by atoms with Crippen molar-refractivity contribution in [1.82, 2.24) is 4.90 Å². The van der Waals surface area contributed by atoms with E-state index in [4.69, 9.17) is 20.9 Å². The third kappa shape index (κ3) is 11.2. The fraction of sp³-hybridized carbons (Fsp3) is 0.923. The summed E-state index contributed by atoms with van der Waals surface area (Å²) in [6, 6.07) is -0.833. The van der Waals surface area contributed by atoms with E-state index in [0.717, 1.165) is 0 Å². The Kier molecular flexibility index (Phi) is 11.8. The van der Waals surface area contributed by atoms with Crippen molar-refractivity contribution in [2.45, 2.75) is 57.8 Å². The summed E-state index contributed by atoms with van der Waals surface area (Å²) in [6.07, 6.45) is 6.14. The van der Waals surface area contributed by atoms with E-state index in [1.165, 1.54) is 38.9 Å². The van der Waals surface area contributed by atoms with Crippen molar-refractivity contribution in [1.29, 1.82) is 0 Å². The van der Waals surface area contributed by atoms with Crippen LogP contribution in [-0.2, 0) is 4.79 Å². The number of nitrogens with two attached hydrogens (primary N) is 1. The predicted molar refractivity (Wildman–Crippen MR) is 80.4 cm³/mol. The first-order valence-electron chi connectivity index (χ1n) is 7.54. The second-order valence-corrected chi connectivity index (χ2v) is 5.20. The van der Waals surface area contributed by atoms with Crippen LogP contribution in [0.2, 0.25) is 6.32 Å². The molecule has 0 unspecified atom stereocenters. The predicted octanol–water partition coefficient (Wildman–Crippen LogP) is 0.534. The van der Waals surface area contributed by atoms with E-state index in [-0.39, 0.29) is 6.32 Å². The van der Waals surface area contributed by atoms with E-state index in [1.54, 1.807) is 0 Å². The van der Waals surface area contributed by atoms with E-state index in [1.807, 2.05) is 0 Å². The molecule has 6 nitrogen and oxygen atoms in total. The number of likely N-dealkylation sites (tertiary alicyclic amines) is 1. The molecule has 1 atom stereocenters. The van der Waals surface area contributed by atoms with Crippen molar-refractivity contribution in [2.75, 3.05) is 19.6 Å². The van der Waals surface area contributed by atoms with Crippen molar-refractivity contribution < 1.29 is 19.9 Å². The lowest BCUT2D eigenvalue weighted by atomic mass is 9.83. The molecular formula is C13H29BN2O4. The Labute approximate surface area is 122 Å². The monoisotopic (exact) mass is 288 g/mol. The summed E-state index contributed by atoms with van der Waals surface area (Å²) < 4.78 is 0. The van der Waals surface area contributed by atoms with Crippen LogP contribution in [0.3, 0.4) is 0 Å². The molecule has 0 saturated carbocycles. The van der Waals surface area contributed by atoms with Crippen molar-refractivity contribution in [3.63, 3.8) is 0 Å². The van der Waals surface area contributed by atoms with Gasteiger partial charge in [-0.3, -0.25) is 4.79 Å². The molecule has 7 heteroatoms. The fourth-order valence-electron chi connectivity index (χ4n) is 2.09. The maximum Gasteiger partial charge on any atom is 0.451 e. The van der Waals surface area contributed by atoms with Crippen LogP contribution in [0.15, 0.2) is 0 Å². The van der Waals surface area contributed by atoms with Crippen LogP contribution in [0, 0.1) is 0 Å². The third-order valence-electron chi connectivity index (χ3n) is 3.44. The van der Waals surface area contributed by atoms with E-state index < -0.39 is 19.1 Å². The molecule has 0 aromatic carbocycles.